The number of methoxy groups -OCH3 is 1. The van der Waals surface area contributed by atoms with Crippen LogP contribution in [0.2, 0.25) is 0 Å². The third-order valence-corrected chi connectivity index (χ3v) is 3.57. The highest BCUT2D eigenvalue weighted by atomic mass is 16.6. The summed E-state index contributed by atoms with van der Waals surface area (Å²) in [5.74, 6) is -1.50. The van der Waals surface area contributed by atoms with Crippen LogP contribution >= 0.6 is 0 Å². The molecule has 0 aliphatic carbocycles. The lowest BCUT2D eigenvalue weighted by Gasteiger charge is -2.06. The highest BCUT2D eigenvalue weighted by Gasteiger charge is 2.08. The Morgan fingerprint density at radius 3 is 1.69 bits per heavy atom. The zero-order chi connectivity index (χ0) is 21.2. The van der Waals surface area contributed by atoms with Crippen molar-refractivity contribution in [3.05, 3.63) is 71.8 Å². The number of hydrogen-bond acceptors (Lipinski definition) is 8. The van der Waals surface area contributed by atoms with Gasteiger partial charge in [-0.2, -0.15) is 10.2 Å². The Hall–Kier alpha value is -3.81. The molecule has 0 atom stereocenters. The molecule has 0 saturated heterocycles. The van der Waals surface area contributed by atoms with Crippen LogP contribution in [-0.4, -0.2) is 38.2 Å². The highest BCUT2D eigenvalue weighted by molar-refractivity contribution is 5.90. The normalized spacial score (nSPS) is 10.4. The van der Waals surface area contributed by atoms with Crippen LogP contribution in [0.5, 0.6) is 0 Å². The van der Waals surface area contributed by atoms with Gasteiger partial charge < -0.3 is 14.2 Å². The fourth-order valence-corrected chi connectivity index (χ4v) is 2.04. The lowest BCUT2D eigenvalue weighted by molar-refractivity contribution is -0.140. The first-order valence-electron chi connectivity index (χ1n) is 8.60. The van der Waals surface area contributed by atoms with E-state index in [1.165, 1.54) is 14.0 Å². The van der Waals surface area contributed by atoms with Gasteiger partial charge in [0.2, 0.25) is 0 Å². The molecule has 0 unspecified atom stereocenters. The van der Waals surface area contributed by atoms with Gasteiger partial charge in [0, 0.05) is 5.57 Å². The van der Waals surface area contributed by atoms with E-state index in [0.29, 0.717) is 22.5 Å². The van der Waals surface area contributed by atoms with Crippen molar-refractivity contribution >= 4 is 29.3 Å². The number of benzene rings is 2. The molecule has 29 heavy (non-hydrogen) atoms. The lowest BCUT2D eigenvalue weighted by atomic mass is 10.2. The van der Waals surface area contributed by atoms with E-state index in [1.807, 2.05) is 0 Å². The second-order valence-electron chi connectivity index (χ2n) is 5.84. The summed E-state index contributed by atoms with van der Waals surface area (Å²) in [6.07, 6.45) is 0. The molecule has 150 valence electrons. The van der Waals surface area contributed by atoms with E-state index in [9.17, 15) is 14.4 Å². The molecule has 0 aliphatic rings. The standard InChI is InChI=1S/C21H20N2O6/c1-14(2)19(24)28-12-13-29-21(26)16-6-10-18(11-7-16)23-22-17-8-4-15(5-9-17)20(25)27-3/h4-11H,1,12-13H2,2-3H3. The quantitative estimate of drug-likeness (QED) is 0.218. The van der Waals surface area contributed by atoms with Crippen LogP contribution in [0.25, 0.3) is 0 Å². The number of hydrogen-bond donors (Lipinski definition) is 0. The van der Waals surface area contributed by atoms with E-state index in [1.54, 1.807) is 48.5 Å². The van der Waals surface area contributed by atoms with Gasteiger partial charge in [-0.05, 0) is 55.5 Å². The van der Waals surface area contributed by atoms with Gasteiger partial charge in [0.15, 0.2) is 0 Å². The second-order valence-corrected chi connectivity index (χ2v) is 5.84. The van der Waals surface area contributed by atoms with E-state index in [0.717, 1.165) is 0 Å². The summed E-state index contributed by atoms with van der Waals surface area (Å²) in [4.78, 5) is 34.6. The van der Waals surface area contributed by atoms with Crippen molar-refractivity contribution < 1.29 is 28.6 Å². The van der Waals surface area contributed by atoms with Crippen LogP contribution in [0.15, 0.2) is 70.9 Å². The molecule has 0 spiro atoms. The molecular weight excluding hydrogens is 376 g/mol. The zero-order valence-corrected chi connectivity index (χ0v) is 16.1. The second kappa shape index (κ2) is 10.5. The Kier molecular flexibility index (Phi) is 7.78. The predicted molar refractivity (Wildman–Crippen MR) is 104 cm³/mol. The maximum atomic E-state index is 12.0. The molecule has 0 bridgehead atoms. The number of rotatable bonds is 8. The number of carbonyl (C=O) groups excluding carboxylic acids is 3. The molecule has 8 nitrogen and oxygen atoms in total. The van der Waals surface area contributed by atoms with Crippen molar-refractivity contribution in [2.24, 2.45) is 10.2 Å². The third-order valence-electron chi connectivity index (χ3n) is 3.57. The molecule has 0 saturated carbocycles. The molecule has 0 heterocycles. The van der Waals surface area contributed by atoms with Gasteiger partial charge in [-0.15, -0.1) is 0 Å². The first kappa shape index (κ1) is 21.5. The average molecular weight is 396 g/mol. The number of nitrogens with zero attached hydrogens (tertiary/aromatic N) is 2. The number of esters is 3. The largest absolute Gasteiger partial charge is 0.465 e. The van der Waals surface area contributed by atoms with E-state index < -0.39 is 17.9 Å². The Labute approximate surface area is 167 Å². The van der Waals surface area contributed by atoms with Gasteiger partial charge in [-0.1, -0.05) is 6.58 Å². The van der Waals surface area contributed by atoms with Crippen molar-refractivity contribution in [1.82, 2.24) is 0 Å². The fourth-order valence-electron chi connectivity index (χ4n) is 2.04. The Bertz CT molecular complexity index is 917. The SMILES string of the molecule is C=C(C)C(=O)OCCOC(=O)c1ccc(N=Nc2ccc(C(=O)OC)cc2)cc1. The number of ether oxygens (including phenoxy) is 3. The van der Waals surface area contributed by atoms with E-state index >= 15 is 0 Å². The van der Waals surface area contributed by atoms with Crippen molar-refractivity contribution in [2.75, 3.05) is 20.3 Å². The summed E-state index contributed by atoms with van der Waals surface area (Å²) >= 11 is 0. The van der Waals surface area contributed by atoms with E-state index in [4.69, 9.17) is 9.47 Å². The molecule has 0 radical (unpaired) electrons. The van der Waals surface area contributed by atoms with Crippen LogP contribution in [0.4, 0.5) is 11.4 Å². The Morgan fingerprint density at radius 2 is 1.24 bits per heavy atom. The summed E-state index contributed by atoms with van der Waals surface area (Å²) < 4.78 is 14.5. The number of azo groups is 1. The molecule has 2 rings (SSSR count). The maximum absolute atomic E-state index is 12.0. The van der Waals surface area contributed by atoms with Crippen molar-refractivity contribution in [3.63, 3.8) is 0 Å². The molecule has 0 N–H and O–H groups in total. The molecule has 0 aromatic heterocycles. The van der Waals surface area contributed by atoms with Gasteiger partial charge in [-0.25, -0.2) is 14.4 Å². The van der Waals surface area contributed by atoms with Crippen molar-refractivity contribution in [3.8, 4) is 0 Å². The van der Waals surface area contributed by atoms with Gasteiger partial charge in [-0.3, -0.25) is 0 Å². The summed E-state index contributed by atoms with van der Waals surface area (Å²) in [6.45, 7) is 4.89. The molecule has 0 aliphatic heterocycles. The van der Waals surface area contributed by atoms with Crippen LogP contribution in [0.3, 0.4) is 0 Å². The summed E-state index contributed by atoms with van der Waals surface area (Å²) in [7, 11) is 1.31. The van der Waals surface area contributed by atoms with Crippen LogP contribution in [0, 0.1) is 0 Å². The summed E-state index contributed by atoms with van der Waals surface area (Å²) in [5, 5.41) is 8.14. The lowest BCUT2D eigenvalue weighted by Crippen LogP contribution is -2.14. The minimum absolute atomic E-state index is 0.0432. The highest BCUT2D eigenvalue weighted by Crippen LogP contribution is 2.19. The summed E-state index contributed by atoms with van der Waals surface area (Å²) in [5.41, 5.74) is 2.13. The molecular formula is C21H20N2O6. The predicted octanol–water partition coefficient (Wildman–Crippen LogP) is 4.16. The monoisotopic (exact) mass is 396 g/mol. The van der Waals surface area contributed by atoms with Crippen LogP contribution in [0.1, 0.15) is 27.6 Å². The minimum Gasteiger partial charge on any atom is -0.465 e. The smallest absolute Gasteiger partial charge is 0.338 e. The average Bonchev–Trinajstić information content (AvgIpc) is 2.75. The van der Waals surface area contributed by atoms with E-state index in [2.05, 4.69) is 21.5 Å². The van der Waals surface area contributed by atoms with Gasteiger partial charge in [0.1, 0.15) is 13.2 Å². The summed E-state index contributed by atoms with van der Waals surface area (Å²) in [6, 6.07) is 12.8. The van der Waals surface area contributed by atoms with E-state index in [-0.39, 0.29) is 18.8 Å². The Morgan fingerprint density at radius 1 is 0.793 bits per heavy atom. The van der Waals surface area contributed by atoms with Gasteiger partial charge >= 0.3 is 17.9 Å². The molecule has 0 fully saturated rings. The molecule has 2 aromatic rings. The van der Waals surface area contributed by atoms with Crippen LogP contribution < -0.4 is 0 Å². The van der Waals surface area contributed by atoms with Crippen LogP contribution in [-0.2, 0) is 19.0 Å². The maximum Gasteiger partial charge on any atom is 0.338 e. The van der Waals surface area contributed by atoms with Crippen molar-refractivity contribution in [1.29, 1.82) is 0 Å². The molecule has 0 amide bonds. The first-order chi connectivity index (χ1) is 13.9. The van der Waals surface area contributed by atoms with Gasteiger partial charge in [0.05, 0.1) is 29.6 Å². The first-order valence-corrected chi connectivity index (χ1v) is 8.60. The topological polar surface area (TPSA) is 104 Å². The fraction of sp³-hybridized carbons (Fsp3) is 0.190. The van der Waals surface area contributed by atoms with Gasteiger partial charge in [0.25, 0.3) is 0 Å². The zero-order valence-electron chi connectivity index (χ0n) is 16.1. The minimum atomic E-state index is -0.543. The molecule has 8 heteroatoms. The van der Waals surface area contributed by atoms with Crippen molar-refractivity contribution in [2.45, 2.75) is 6.92 Å². The Balaban J connectivity index is 1.86. The third kappa shape index (κ3) is 6.69. The molecule has 2 aromatic carbocycles. The number of carbonyl (C=O) groups is 3.